The van der Waals surface area contributed by atoms with Crippen molar-refractivity contribution in [3.8, 4) is 17.2 Å². The number of carbonyl (C=O) groups is 3. The molecule has 3 saturated heterocycles. The number of benzene rings is 2. The molecule has 0 aromatic heterocycles. The van der Waals surface area contributed by atoms with E-state index in [4.69, 9.17) is 23.2 Å². The van der Waals surface area contributed by atoms with Crippen molar-refractivity contribution in [1.29, 1.82) is 5.26 Å². The first-order valence-corrected chi connectivity index (χ1v) is 14.7. The van der Waals surface area contributed by atoms with Gasteiger partial charge in [0.2, 0.25) is 11.8 Å². The van der Waals surface area contributed by atoms with Crippen LogP contribution >= 0.6 is 23.2 Å². The molecule has 3 N–H and O–H groups in total. The third-order valence-electron chi connectivity index (χ3n) is 9.17. The molecular weight excluding hydrogens is 589 g/mol. The van der Waals surface area contributed by atoms with E-state index >= 15 is 8.78 Å². The Kier molecular flexibility index (Phi) is 7.19. The lowest BCUT2D eigenvalue weighted by Crippen LogP contribution is -2.70. The van der Waals surface area contributed by atoms with Gasteiger partial charge < -0.3 is 20.6 Å². The molecule has 0 radical (unpaired) electrons. The number of carbonyl (C=O) groups excluding carboxylic acids is 3. The van der Waals surface area contributed by atoms with Crippen LogP contribution < -0.4 is 10.6 Å². The first-order valence-electron chi connectivity index (χ1n) is 14.0. The van der Waals surface area contributed by atoms with Gasteiger partial charge in [-0.2, -0.15) is 5.26 Å². The molecule has 8 nitrogen and oxygen atoms in total. The first kappa shape index (κ1) is 28.8. The summed E-state index contributed by atoms with van der Waals surface area (Å²) >= 11 is 12.5. The van der Waals surface area contributed by atoms with Gasteiger partial charge in [0.25, 0.3) is 11.8 Å². The SMILES string of the molecule is N#C[C@H](C[C@@H]1CCCNC1=O)NC(=O)[C@@H]1[C@H]2CC[C@H](CC2(F)F)N1C(=O)C1(O)c2cc(Cl)ccc2-c2ccc(Cl)cc21. The van der Waals surface area contributed by atoms with Crippen molar-refractivity contribution in [1.82, 2.24) is 15.5 Å². The number of halogens is 4. The summed E-state index contributed by atoms with van der Waals surface area (Å²) in [7, 11) is 0. The van der Waals surface area contributed by atoms with E-state index < -0.39 is 59.7 Å². The van der Waals surface area contributed by atoms with E-state index in [2.05, 4.69) is 10.6 Å². The average molecular weight is 617 g/mol. The number of nitriles is 1. The third-order valence-corrected chi connectivity index (χ3v) is 9.64. The third kappa shape index (κ3) is 4.53. The van der Waals surface area contributed by atoms with Crippen molar-refractivity contribution in [3.63, 3.8) is 0 Å². The van der Waals surface area contributed by atoms with Gasteiger partial charge in [0.05, 0.1) is 12.0 Å². The minimum atomic E-state index is -3.24. The van der Waals surface area contributed by atoms with E-state index in [1.807, 2.05) is 6.07 Å². The predicted molar refractivity (Wildman–Crippen MR) is 150 cm³/mol. The Balaban J connectivity index is 1.38. The number of nitrogens with zero attached hydrogens (tertiary/aromatic N) is 2. The Morgan fingerprint density at radius 1 is 1.12 bits per heavy atom. The molecular formula is C30H28Cl2F2N4O4. The van der Waals surface area contributed by atoms with Crippen molar-refractivity contribution in [2.45, 2.75) is 68.2 Å². The standard InChI is InChI=1S/C30H28Cl2F2N4O4/c31-16-3-6-20-21-7-4-17(32)12-24(21)30(42,23(20)11-16)28(41)38-19-5-8-22(29(33,34)13-19)25(38)27(40)37-18(14-35)10-15-2-1-9-36-26(15)39/h3-4,6-7,11-12,15,18-19,22,25,42H,1-2,5,8-10,13H2,(H,36,39)(H,37,40)/t15-,18-,19+,22+,25-/m0/s1. The second-order valence-electron chi connectivity index (χ2n) is 11.6. The van der Waals surface area contributed by atoms with Gasteiger partial charge in [-0.25, -0.2) is 8.78 Å². The smallest absolute Gasteiger partial charge is 0.264 e. The molecule has 7 rings (SSSR count). The topological polar surface area (TPSA) is 123 Å². The van der Waals surface area contributed by atoms with Crippen LogP contribution in [0.5, 0.6) is 0 Å². The van der Waals surface area contributed by atoms with E-state index in [-0.39, 0.29) is 46.3 Å². The largest absolute Gasteiger partial charge is 0.372 e. The molecule has 5 atom stereocenters. The zero-order valence-electron chi connectivity index (χ0n) is 22.4. The van der Waals surface area contributed by atoms with Crippen molar-refractivity contribution in [3.05, 3.63) is 57.6 Å². The summed E-state index contributed by atoms with van der Waals surface area (Å²) in [5.74, 6) is -7.35. The van der Waals surface area contributed by atoms with Crippen molar-refractivity contribution >= 4 is 40.9 Å². The Hall–Kier alpha value is -3.26. The van der Waals surface area contributed by atoms with Gasteiger partial charge in [0.15, 0.2) is 5.60 Å². The number of amides is 3. The second-order valence-corrected chi connectivity index (χ2v) is 12.5. The minimum Gasteiger partial charge on any atom is -0.372 e. The molecule has 5 aliphatic rings. The molecule has 3 aliphatic heterocycles. The first-order chi connectivity index (χ1) is 20.0. The number of aliphatic hydroxyl groups is 1. The molecule has 42 heavy (non-hydrogen) atoms. The number of piperidine rings is 3. The maximum Gasteiger partial charge on any atom is 0.264 e. The number of nitrogens with one attached hydrogen (secondary N) is 2. The number of alkyl halides is 2. The molecule has 1 saturated carbocycles. The lowest BCUT2D eigenvalue weighted by atomic mass is 9.70. The van der Waals surface area contributed by atoms with Crippen LogP contribution in [-0.2, 0) is 20.0 Å². The van der Waals surface area contributed by atoms with Crippen LogP contribution in [0.4, 0.5) is 8.78 Å². The van der Waals surface area contributed by atoms with Crippen LogP contribution in [0, 0.1) is 23.2 Å². The predicted octanol–water partition coefficient (Wildman–Crippen LogP) is 4.15. The molecule has 0 spiro atoms. The normalized spacial score (nSPS) is 27.3. The lowest BCUT2D eigenvalue weighted by Gasteiger charge is -2.54. The molecule has 2 aromatic rings. The number of hydrogen-bond donors (Lipinski definition) is 3. The highest BCUT2D eigenvalue weighted by Crippen LogP contribution is 2.54. The quantitative estimate of drug-likeness (QED) is 0.466. The molecule has 220 valence electrons. The fraction of sp³-hybridized carbons (Fsp3) is 0.467. The van der Waals surface area contributed by atoms with Gasteiger partial charge in [-0.05, 0) is 67.5 Å². The van der Waals surface area contributed by atoms with Crippen molar-refractivity contribution < 1.29 is 28.3 Å². The summed E-state index contributed by atoms with van der Waals surface area (Å²) in [5, 5.41) is 27.8. The Morgan fingerprint density at radius 2 is 1.76 bits per heavy atom. The highest BCUT2D eigenvalue weighted by Gasteiger charge is 2.63. The van der Waals surface area contributed by atoms with Gasteiger partial charge in [0, 0.05) is 46.1 Å². The maximum atomic E-state index is 15.3. The van der Waals surface area contributed by atoms with E-state index in [0.29, 0.717) is 24.1 Å². The van der Waals surface area contributed by atoms with Crippen LogP contribution in [0.25, 0.3) is 11.1 Å². The summed E-state index contributed by atoms with van der Waals surface area (Å²) in [5.41, 5.74) is -0.942. The molecule has 3 heterocycles. The summed E-state index contributed by atoms with van der Waals surface area (Å²) in [4.78, 5) is 41.7. The van der Waals surface area contributed by atoms with E-state index in [9.17, 15) is 24.8 Å². The number of fused-ring (bicyclic) bond motifs is 6. The number of rotatable bonds is 5. The van der Waals surface area contributed by atoms with E-state index in [0.717, 1.165) is 11.3 Å². The minimum absolute atomic E-state index is 0.00889. The monoisotopic (exact) mass is 616 g/mol. The van der Waals surface area contributed by atoms with Crippen LogP contribution in [0.2, 0.25) is 10.0 Å². The van der Waals surface area contributed by atoms with Crippen LogP contribution in [-0.4, -0.2) is 58.3 Å². The number of hydrogen-bond acceptors (Lipinski definition) is 5. The Morgan fingerprint density at radius 3 is 2.33 bits per heavy atom. The fourth-order valence-corrected chi connectivity index (χ4v) is 7.55. The van der Waals surface area contributed by atoms with Gasteiger partial charge in [-0.3, -0.25) is 14.4 Å². The second kappa shape index (κ2) is 10.5. The Labute approximate surface area is 251 Å². The van der Waals surface area contributed by atoms with Gasteiger partial charge in [-0.15, -0.1) is 0 Å². The molecule has 3 amide bonds. The average Bonchev–Trinajstić information content (AvgIpc) is 3.20. The zero-order chi connectivity index (χ0) is 30.0. The van der Waals surface area contributed by atoms with E-state index in [1.54, 1.807) is 24.3 Å². The molecule has 2 aromatic carbocycles. The molecule has 12 heteroatoms. The van der Waals surface area contributed by atoms with E-state index in [1.165, 1.54) is 12.1 Å². The summed E-state index contributed by atoms with van der Waals surface area (Å²) in [6.45, 7) is 0.530. The lowest BCUT2D eigenvalue weighted by molar-refractivity contribution is -0.201. The highest BCUT2D eigenvalue weighted by atomic mass is 35.5. The zero-order valence-corrected chi connectivity index (χ0v) is 23.9. The molecule has 4 fully saturated rings. The highest BCUT2D eigenvalue weighted by molar-refractivity contribution is 6.31. The summed E-state index contributed by atoms with van der Waals surface area (Å²) < 4.78 is 30.6. The van der Waals surface area contributed by atoms with Gasteiger partial charge in [0.1, 0.15) is 12.1 Å². The summed E-state index contributed by atoms with van der Waals surface area (Å²) in [6, 6.07) is 7.61. The van der Waals surface area contributed by atoms with Crippen LogP contribution in [0.3, 0.4) is 0 Å². The summed E-state index contributed by atoms with van der Waals surface area (Å²) in [6.07, 6.45) is 0.831. The van der Waals surface area contributed by atoms with Gasteiger partial charge >= 0.3 is 0 Å². The Bertz CT molecular complexity index is 1480. The molecule has 2 aliphatic carbocycles. The van der Waals surface area contributed by atoms with Crippen molar-refractivity contribution in [2.75, 3.05) is 6.54 Å². The van der Waals surface area contributed by atoms with Crippen molar-refractivity contribution in [2.24, 2.45) is 11.8 Å². The van der Waals surface area contributed by atoms with Gasteiger partial charge in [-0.1, -0.05) is 35.3 Å². The molecule has 2 bridgehead atoms. The maximum absolute atomic E-state index is 15.3. The fourth-order valence-electron chi connectivity index (χ4n) is 7.21. The molecule has 0 unspecified atom stereocenters. The van der Waals surface area contributed by atoms with Crippen LogP contribution in [0.1, 0.15) is 49.7 Å². The van der Waals surface area contributed by atoms with Crippen LogP contribution in [0.15, 0.2) is 36.4 Å².